The molecule has 368 valence electrons. The van der Waals surface area contributed by atoms with E-state index in [0.29, 0.717) is 0 Å². The first-order valence-corrected chi connectivity index (χ1v) is 26.3. The Balaban J connectivity index is 0.000000453. The molecule has 0 spiro atoms. The molecule has 0 radical (unpaired) electrons. The van der Waals surface area contributed by atoms with Crippen molar-refractivity contribution in [2.45, 2.75) is 186 Å². The molecule has 0 fully saturated rings. The zero-order valence-corrected chi connectivity index (χ0v) is 48.9. The van der Waals surface area contributed by atoms with Gasteiger partial charge in [0.1, 0.15) is 23.0 Å². The molecule has 0 aliphatic rings. The van der Waals surface area contributed by atoms with E-state index in [-0.39, 0.29) is 104 Å². The molecule has 0 aliphatic heterocycles. The van der Waals surface area contributed by atoms with Gasteiger partial charge < -0.3 is 27.9 Å². The van der Waals surface area contributed by atoms with Gasteiger partial charge in [0.2, 0.25) is 0 Å². The van der Waals surface area contributed by atoms with Gasteiger partial charge in [-0.3, -0.25) is 0 Å². The fourth-order valence-corrected chi connectivity index (χ4v) is 11.7. The maximum absolute atomic E-state index is 12.5. The van der Waals surface area contributed by atoms with Crippen LogP contribution in [0.1, 0.15) is 186 Å². The molecule has 4 aromatic carbocycles. The van der Waals surface area contributed by atoms with Crippen molar-refractivity contribution in [2.75, 3.05) is 0 Å². The van der Waals surface area contributed by atoms with E-state index in [0.717, 1.165) is 47.9 Å². The van der Waals surface area contributed by atoms with Crippen LogP contribution in [0.25, 0.3) is 0 Å². The second-order valence-electron chi connectivity index (χ2n) is 25.8. The summed E-state index contributed by atoms with van der Waals surface area (Å²) in [6.07, 6.45) is 4.02. The SMILES string of the molecule is CC(C)(C)CC(C)(C)c1ccc(OP(=O)([O-])Oc2ccc(C(C)(C)CC(C)(C)C)cc2)cc1.CC(C)(C)CC(C)(C)c1ccc(OP(=O)([O-])Oc2ccc(C(C)(C)CC(C)(C)C)cc2)cc1.[Ca+2]. The zero-order chi connectivity index (χ0) is 50.6. The Kier molecular flexibility index (Phi) is 20.4. The van der Waals surface area contributed by atoms with Crippen molar-refractivity contribution in [2.24, 2.45) is 21.7 Å². The van der Waals surface area contributed by atoms with Gasteiger partial charge in [0, 0.05) is 0 Å². The van der Waals surface area contributed by atoms with Crippen molar-refractivity contribution in [1.82, 2.24) is 0 Å². The maximum Gasteiger partial charge on any atom is 2.00 e. The summed E-state index contributed by atoms with van der Waals surface area (Å²) in [5.74, 6) is 0.969. The Bertz CT molecular complexity index is 1930. The second kappa shape index (κ2) is 22.4. The number of benzene rings is 4. The van der Waals surface area contributed by atoms with E-state index in [2.05, 4.69) is 138 Å². The molecule has 0 saturated carbocycles. The maximum atomic E-state index is 12.5. The van der Waals surface area contributed by atoms with Crippen molar-refractivity contribution in [3.63, 3.8) is 0 Å². The van der Waals surface area contributed by atoms with E-state index in [9.17, 15) is 18.9 Å². The van der Waals surface area contributed by atoms with Crippen molar-refractivity contribution in [3.05, 3.63) is 119 Å². The van der Waals surface area contributed by atoms with Crippen LogP contribution in [0, 0.1) is 21.7 Å². The Morgan fingerprint density at radius 3 is 0.567 bits per heavy atom. The number of phosphoric ester groups is 2. The first-order chi connectivity index (χ1) is 29.6. The minimum absolute atomic E-state index is 0. The monoisotopic (exact) mass is 987 g/mol. The quantitative estimate of drug-likeness (QED) is 0.0805. The van der Waals surface area contributed by atoms with Crippen LogP contribution in [-0.2, 0) is 30.8 Å². The van der Waals surface area contributed by atoms with Crippen LogP contribution in [0.5, 0.6) is 23.0 Å². The number of hydrogen-bond donors (Lipinski definition) is 0. The summed E-state index contributed by atoms with van der Waals surface area (Å²) < 4.78 is 45.8. The summed E-state index contributed by atoms with van der Waals surface area (Å²) in [5, 5.41) is 0. The molecule has 0 heterocycles. The standard InChI is InChI=1S/2C28H43O4P.Ca/c2*1-25(2,3)19-27(7,8)21-11-15-23(16-12-21)31-33(29,30)32-24-17-13-22(14-18-24)28(9,10)20-26(4,5)6;/h2*11-18H,19-20H2,1-10H3,(H,29,30);/q;;+2/p-2. The van der Waals surface area contributed by atoms with E-state index in [4.69, 9.17) is 18.1 Å². The smallest absolute Gasteiger partial charge is 0.736 e. The normalized spacial score (nSPS) is 13.5. The minimum atomic E-state index is -4.56. The molecule has 67 heavy (non-hydrogen) atoms. The summed E-state index contributed by atoms with van der Waals surface area (Å²) >= 11 is 0. The molecule has 0 N–H and O–H groups in total. The molecule has 0 aliphatic carbocycles. The Hall–Kier alpha value is -2.28. The third kappa shape index (κ3) is 21.7. The molecular formula is C56H84CaO8P2. The fraction of sp³-hybridized carbons (Fsp3) is 0.571. The molecule has 4 aromatic rings. The molecular weight excluding hydrogens is 903 g/mol. The molecule has 0 unspecified atom stereocenters. The van der Waals surface area contributed by atoms with Crippen molar-refractivity contribution in [1.29, 1.82) is 0 Å². The van der Waals surface area contributed by atoms with Gasteiger partial charge in [0.25, 0.3) is 0 Å². The first kappa shape index (κ1) is 60.8. The first-order valence-electron chi connectivity index (χ1n) is 23.4. The third-order valence-electron chi connectivity index (χ3n) is 11.3. The number of hydrogen-bond acceptors (Lipinski definition) is 8. The minimum Gasteiger partial charge on any atom is -0.736 e. The van der Waals surface area contributed by atoms with Crippen molar-refractivity contribution < 1.29 is 37.0 Å². The van der Waals surface area contributed by atoms with Gasteiger partial charge in [-0.15, -0.1) is 0 Å². The van der Waals surface area contributed by atoms with E-state index in [1.165, 1.54) is 0 Å². The van der Waals surface area contributed by atoms with Gasteiger partial charge in [0.15, 0.2) is 0 Å². The van der Waals surface area contributed by atoms with Gasteiger partial charge in [-0.1, -0.05) is 187 Å². The molecule has 0 atom stereocenters. The Morgan fingerprint density at radius 1 is 0.313 bits per heavy atom. The summed E-state index contributed by atoms with van der Waals surface area (Å²) in [6, 6.07) is 28.9. The number of phosphoric acid groups is 2. The second-order valence-corrected chi connectivity index (χ2v) is 28.4. The topological polar surface area (TPSA) is 117 Å². The summed E-state index contributed by atoms with van der Waals surface area (Å²) in [5.41, 5.74) is 5.19. The van der Waals surface area contributed by atoms with Gasteiger partial charge in [-0.2, -0.15) is 0 Å². The fourth-order valence-electron chi connectivity index (χ4n) is 10.1. The predicted octanol–water partition coefficient (Wildman–Crippen LogP) is 15.7. The number of rotatable bonds is 16. The molecule has 4 rings (SSSR count). The summed E-state index contributed by atoms with van der Waals surface area (Å²) in [6.45, 7) is 44.2. The zero-order valence-electron chi connectivity index (χ0n) is 44.9. The van der Waals surface area contributed by atoms with E-state index in [1.54, 1.807) is 48.5 Å². The molecule has 0 aromatic heterocycles. The molecule has 11 heteroatoms. The Morgan fingerprint density at radius 2 is 0.448 bits per heavy atom. The molecule has 8 nitrogen and oxygen atoms in total. The average molecular weight is 987 g/mol. The summed E-state index contributed by atoms with van der Waals surface area (Å²) in [4.78, 5) is 25.0. The van der Waals surface area contributed by atoms with Crippen LogP contribution < -0.4 is 27.9 Å². The third-order valence-corrected chi connectivity index (χ3v) is 13.0. The van der Waals surface area contributed by atoms with Gasteiger partial charge in [-0.05, 0) is 140 Å². The summed E-state index contributed by atoms with van der Waals surface area (Å²) in [7, 11) is -9.13. The predicted molar refractivity (Wildman–Crippen MR) is 278 cm³/mol. The van der Waals surface area contributed by atoms with E-state index in [1.807, 2.05) is 48.5 Å². The van der Waals surface area contributed by atoms with Crippen LogP contribution >= 0.6 is 15.6 Å². The van der Waals surface area contributed by atoms with Gasteiger partial charge >= 0.3 is 53.4 Å². The van der Waals surface area contributed by atoms with Gasteiger partial charge in [-0.25, -0.2) is 9.13 Å². The van der Waals surface area contributed by atoms with Crippen LogP contribution in [0.15, 0.2) is 97.1 Å². The van der Waals surface area contributed by atoms with Crippen LogP contribution in [0.3, 0.4) is 0 Å². The van der Waals surface area contributed by atoms with Crippen LogP contribution in [0.4, 0.5) is 0 Å². The van der Waals surface area contributed by atoms with Crippen LogP contribution in [-0.4, -0.2) is 37.7 Å². The van der Waals surface area contributed by atoms with Crippen molar-refractivity contribution >= 4 is 53.4 Å². The Labute approximate surface area is 437 Å². The molecule has 0 saturated heterocycles. The average Bonchev–Trinajstić information content (AvgIpc) is 3.08. The van der Waals surface area contributed by atoms with E-state index >= 15 is 0 Å². The molecule has 0 bridgehead atoms. The molecule has 0 amide bonds. The largest absolute Gasteiger partial charge is 2.00 e. The van der Waals surface area contributed by atoms with Crippen molar-refractivity contribution in [3.8, 4) is 23.0 Å². The van der Waals surface area contributed by atoms with E-state index < -0.39 is 15.6 Å². The van der Waals surface area contributed by atoms with Crippen LogP contribution in [0.2, 0.25) is 0 Å². The van der Waals surface area contributed by atoms with Gasteiger partial charge in [0.05, 0.1) is 0 Å².